The molecule has 0 radical (unpaired) electrons. The van der Waals surface area contributed by atoms with Gasteiger partial charge in [0.1, 0.15) is 6.04 Å². The minimum absolute atomic E-state index is 0.211. The van der Waals surface area contributed by atoms with Crippen molar-refractivity contribution in [2.45, 2.75) is 32.2 Å². The second-order valence-corrected chi connectivity index (χ2v) is 5.75. The number of hydrogen-bond acceptors (Lipinski definition) is 4. The Labute approximate surface area is 129 Å². The van der Waals surface area contributed by atoms with Crippen LogP contribution in [-0.2, 0) is 4.79 Å². The van der Waals surface area contributed by atoms with Gasteiger partial charge in [-0.1, -0.05) is 0 Å². The summed E-state index contributed by atoms with van der Waals surface area (Å²) in [5.41, 5.74) is 2.57. The first-order valence-corrected chi connectivity index (χ1v) is 7.52. The molecule has 6 nitrogen and oxygen atoms in total. The number of aliphatic carboxylic acids is 1. The molecule has 0 saturated carbocycles. The Morgan fingerprint density at radius 2 is 1.95 bits per heavy atom. The molecule has 2 aliphatic heterocycles. The number of carboxylic acid groups (broad SMARTS) is 1. The van der Waals surface area contributed by atoms with Crippen molar-refractivity contribution in [2.24, 2.45) is 5.10 Å². The number of benzene rings is 1. The van der Waals surface area contributed by atoms with Crippen LogP contribution in [0.4, 0.5) is 5.69 Å². The first-order chi connectivity index (χ1) is 10.6. The quantitative estimate of drug-likeness (QED) is 0.926. The highest BCUT2D eigenvalue weighted by Crippen LogP contribution is 2.23. The van der Waals surface area contributed by atoms with Crippen molar-refractivity contribution in [2.75, 3.05) is 18.1 Å². The lowest BCUT2D eigenvalue weighted by atomic mass is 10.1. The van der Waals surface area contributed by atoms with Crippen molar-refractivity contribution in [1.29, 1.82) is 0 Å². The highest BCUT2D eigenvalue weighted by Gasteiger charge is 2.34. The van der Waals surface area contributed by atoms with Gasteiger partial charge in [0.2, 0.25) is 0 Å². The number of amides is 1. The van der Waals surface area contributed by atoms with Crippen molar-refractivity contribution >= 4 is 23.3 Å². The Bertz CT molecular complexity index is 624. The summed E-state index contributed by atoms with van der Waals surface area (Å²) in [4.78, 5) is 25.1. The maximum atomic E-state index is 12.5. The fourth-order valence-corrected chi connectivity index (χ4v) is 2.97. The van der Waals surface area contributed by atoms with Gasteiger partial charge in [-0.15, -0.1) is 0 Å². The molecule has 1 fully saturated rings. The zero-order valence-electron chi connectivity index (χ0n) is 12.5. The molecule has 0 aliphatic carbocycles. The molecular formula is C16H19N3O3. The minimum atomic E-state index is -0.927. The highest BCUT2D eigenvalue weighted by atomic mass is 16.4. The molecule has 0 bridgehead atoms. The summed E-state index contributed by atoms with van der Waals surface area (Å²) in [5, 5.41) is 15.5. The molecule has 6 heteroatoms. The van der Waals surface area contributed by atoms with Crippen LogP contribution in [0.5, 0.6) is 0 Å². The van der Waals surface area contributed by atoms with E-state index in [1.54, 1.807) is 12.1 Å². The summed E-state index contributed by atoms with van der Waals surface area (Å²) >= 11 is 0. The van der Waals surface area contributed by atoms with Crippen LogP contribution < -0.4 is 5.01 Å². The number of carboxylic acids is 1. The number of hydrogen-bond donors (Lipinski definition) is 1. The van der Waals surface area contributed by atoms with Crippen LogP contribution in [0.3, 0.4) is 0 Å². The van der Waals surface area contributed by atoms with Crippen LogP contribution >= 0.6 is 0 Å². The van der Waals surface area contributed by atoms with Crippen LogP contribution in [0.1, 0.15) is 36.5 Å². The van der Waals surface area contributed by atoms with E-state index in [0.29, 0.717) is 18.5 Å². The van der Waals surface area contributed by atoms with Gasteiger partial charge in [0.05, 0.1) is 5.69 Å². The standard InChI is InChI=1S/C16H19N3O3/c1-11-8-10-19(17-11)13-6-4-12(5-7-13)15(20)18-9-2-3-14(18)16(21)22/h4-7,14H,2-3,8-10H2,1H3,(H,21,22). The van der Waals surface area contributed by atoms with Crippen molar-refractivity contribution in [3.05, 3.63) is 29.8 Å². The monoisotopic (exact) mass is 301 g/mol. The third kappa shape index (κ3) is 2.68. The maximum absolute atomic E-state index is 12.5. The Morgan fingerprint density at radius 1 is 1.23 bits per heavy atom. The molecule has 0 spiro atoms. The molecule has 22 heavy (non-hydrogen) atoms. The third-order valence-electron chi connectivity index (χ3n) is 4.19. The van der Waals surface area contributed by atoms with Gasteiger partial charge in [-0.05, 0) is 44.0 Å². The summed E-state index contributed by atoms with van der Waals surface area (Å²) in [6.07, 6.45) is 2.22. The van der Waals surface area contributed by atoms with Crippen LogP contribution in [-0.4, -0.2) is 46.7 Å². The van der Waals surface area contributed by atoms with E-state index in [4.69, 9.17) is 0 Å². The largest absolute Gasteiger partial charge is 0.480 e. The second-order valence-electron chi connectivity index (χ2n) is 5.75. The lowest BCUT2D eigenvalue weighted by molar-refractivity contribution is -0.141. The first-order valence-electron chi connectivity index (χ1n) is 7.52. The average Bonchev–Trinajstić information content (AvgIpc) is 3.15. The molecule has 0 aromatic heterocycles. The SMILES string of the molecule is CC1=NN(c2ccc(C(=O)N3CCCC3C(=O)O)cc2)CC1. The summed E-state index contributed by atoms with van der Waals surface area (Å²) in [5.74, 6) is -1.14. The topological polar surface area (TPSA) is 73.2 Å². The van der Waals surface area contributed by atoms with Gasteiger partial charge in [0.15, 0.2) is 0 Å². The zero-order chi connectivity index (χ0) is 15.7. The molecule has 1 N–H and O–H groups in total. The van der Waals surface area contributed by atoms with E-state index in [-0.39, 0.29) is 5.91 Å². The maximum Gasteiger partial charge on any atom is 0.326 e. The number of carbonyl (C=O) groups excluding carboxylic acids is 1. The number of nitrogens with zero attached hydrogens (tertiary/aromatic N) is 3. The first kappa shape index (κ1) is 14.6. The number of anilines is 1. The van der Waals surface area contributed by atoms with Gasteiger partial charge in [-0.25, -0.2) is 4.79 Å². The molecule has 2 aliphatic rings. The Kier molecular flexibility index (Phi) is 3.83. The summed E-state index contributed by atoms with van der Waals surface area (Å²) in [7, 11) is 0. The van der Waals surface area contributed by atoms with Crippen molar-refractivity contribution in [1.82, 2.24) is 4.90 Å². The van der Waals surface area contributed by atoms with E-state index in [1.807, 2.05) is 24.1 Å². The molecule has 1 aromatic carbocycles. The Morgan fingerprint density at radius 3 is 2.55 bits per heavy atom. The predicted molar refractivity (Wildman–Crippen MR) is 83.2 cm³/mol. The van der Waals surface area contributed by atoms with Gasteiger partial charge >= 0.3 is 5.97 Å². The van der Waals surface area contributed by atoms with E-state index in [1.165, 1.54) is 4.90 Å². The molecule has 1 amide bonds. The Hall–Kier alpha value is -2.37. The summed E-state index contributed by atoms with van der Waals surface area (Å²) < 4.78 is 0. The fraction of sp³-hybridized carbons (Fsp3) is 0.438. The van der Waals surface area contributed by atoms with Gasteiger partial charge in [-0.2, -0.15) is 5.10 Å². The zero-order valence-corrected chi connectivity index (χ0v) is 12.5. The lowest BCUT2D eigenvalue weighted by Crippen LogP contribution is -2.40. The van der Waals surface area contributed by atoms with Gasteiger partial charge in [0, 0.05) is 30.8 Å². The molecule has 1 saturated heterocycles. The molecule has 1 aromatic rings. The lowest BCUT2D eigenvalue weighted by Gasteiger charge is -2.22. The minimum Gasteiger partial charge on any atom is -0.480 e. The van der Waals surface area contributed by atoms with Crippen molar-refractivity contribution in [3.8, 4) is 0 Å². The predicted octanol–water partition coefficient (Wildman–Crippen LogP) is 1.96. The van der Waals surface area contributed by atoms with E-state index < -0.39 is 12.0 Å². The van der Waals surface area contributed by atoms with Gasteiger partial charge in [-0.3, -0.25) is 9.80 Å². The number of rotatable bonds is 3. The molecule has 3 rings (SSSR count). The molecule has 116 valence electrons. The number of carbonyl (C=O) groups is 2. The van der Waals surface area contributed by atoms with Gasteiger partial charge < -0.3 is 10.0 Å². The number of likely N-dealkylation sites (tertiary alicyclic amines) is 1. The van der Waals surface area contributed by atoms with Crippen LogP contribution in [0.15, 0.2) is 29.4 Å². The fourth-order valence-electron chi connectivity index (χ4n) is 2.97. The molecule has 2 heterocycles. The highest BCUT2D eigenvalue weighted by molar-refractivity contribution is 5.97. The van der Waals surface area contributed by atoms with Crippen molar-refractivity contribution in [3.63, 3.8) is 0 Å². The smallest absolute Gasteiger partial charge is 0.326 e. The molecule has 1 atom stereocenters. The molecule has 1 unspecified atom stereocenters. The van der Waals surface area contributed by atoms with E-state index >= 15 is 0 Å². The van der Waals surface area contributed by atoms with Crippen LogP contribution in [0.2, 0.25) is 0 Å². The van der Waals surface area contributed by atoms with E-state index in [0.717, 1.165) is 30.8 Å². The van der Waals surface area contributed by atoms with Crippen molar-refractivity contribution < 1.29 is 14.7 Å². The number of hydrazone groups is 1. The third-order valence-corrected chi connectivity index (χ3v) is 4.19. The summed E-state index contributed by atoms with van der Waals surface area (Å²) in [6, 6.07) is 6.52. The average molecular weight is 301 g/mol. The second kappa shape index (κ2) is 5.79. The molecular weight excluding hydrogens is 282 g/mol. The van der Waals surface area contributed by atoms with Crippen LogP contribution in [0.25, 0.3) is 0 Å². The van der Waals surface area contributed by atoms with Crippen LogP contribution in [0, 0.1) is 0 Å². The van der Waals surface area contributed by atoms with E-state index in [9.17, 15) is 14.7 Å². The Balaban J connectivity index is 1.75. The van der Waals surface area contributed by atoms with Gasteiger partial charge in [0.25, 0.3) is 5.91 Å². The van der Waals surface area contributed by atoms with E-state index in [2.05, 4.69) is 5.10 Å². The summed E-state index contributed by atoms with van der Waals surface area (Å²) in [6.45, 7) is 3.36. The normalized spacial score (nSPS) is 21.1.